The molecule has 0 saturated heterocycles. The molecule has 0 radical (unpaired) electrons. The number of aliphatic hydroxyl groups excluding tert-OH is 4. The van der Waals surface area contributed by atoms with Crippen molar-refractivity contribution < 1.29 is 143 Å². The molecule has 0 heterocycles. The summed E-state index contributed by atoms with van der Waals surface area (Å²) in [5.74, 6) is 1.80. The smallest absolute Gasteiger partial charge is 0.870 e. The van der Waals surface area contributed by atoms with Gasteiger partial charge in [-0.15, -0.1) is 0 Å². The first-order chi connectivity index (χ1) is 73.8. The van der Waals surface area contributed by atoms with Gasteiger partial charge in [0.15, 0.2) is 0 Å². The summed E-state index contributed by atoms with van der Waals surface area (Å²) in [7, 11) is -1.95. The Morgan fingerprint density at radius 3 is 0.738 bits per heavy atom. The average Bonchev–Trinajstić information content (AvgIpc) is 1.68. The molecule has 149 heavy (non-hydrogen) atoms. The summed E-state index contributed by atoms with van der Waals surface area (Å²) >= 11 is 1.34. The predicted molar refractivity (Wildman–Crippen MR) is 638 cm³/mol. The third-order valence-electron chi connectivity index (χ3n) is 29.8. The minimum atomic E-state index is -1.45. The average molecular weight is 2360 g/mol. The van der Waals surface area contributed by atoms with Gasteiger partial charge in [0, 0.05) is 161 Å². The van der Waals surface area contributed by atoms with Gasteiger partial charge >= 0.3 is 47.5 Å². The molecule has 870 valence electrons. The molecule has 6 N–H and O–H groups in total. The summed E-state index contributed by atoms with van der Waals surface area (Å²) in [5, 5.41) is 49.9. The SMILES string of the molecule is C.CCCC/C=C\CC1[C@@H](CCC(=O)CCCCCCC)[C@H](O)C[C@@H]1O.CCCCCCCC(=O)CC[C@@H]1C(C/C=C\CCCC(=O)OC(C)C)[C@@H](O)C[C@H]1O.[2H]C(F)I.[3HH].[3H]PO[C@H]1C[C@@H](OP[3H])[C@H](CCC(=O)CCCCCCC)C1C/C=C\CCCC.[3H]PO[C@H]1C[C@@H](OP[3H])[C@H](CCC(=O)CCCCCCC)C1C/C=C\CCCC(=O)O.[3H]PO[C@H]1C[C@@H](OP[3H])[C@H](CCC(=O)CCCCCCC)C1C/C=C\CCCC(=O)OC(C)C.[Na+].[OH-]. The van der Waals surface area contributed by atoms with Crippen molar-refractivity contribution in [2.75, 3.05) is 4.66 Å². The Morgan fingerprint density at radius 2 is 0.517 bits per heavy atom. The molecule has 5 aliphatic carbocycles. The van der Waals surface area contributed by atoms with E-state index < -0.39 is 35.0 Å². The van der Waals surface area contributed by atoms with E-state index in [1.54, 1.807) is 0 Å². The third kappa shape index (κ3) is 77.5. The van der Waals surface area contributed by atoms with Gasteiger partial charge in [-0.05, 0) is 270 Å². The number of Topliss-reactive ketones (excluding diaryl/α,β-unsaturated/α-hetero) is 5. The Kier molecular flexibility index (Phi) is 99.0. The second kappa shape index (κ2) is 105. The number of allylic oxidation sites excluding steroid dienone is 10. The maximum absolute atomic E-state index is 12.5. The molecule has 22 nitrogen and oxygen atoms in total. The van der Waals surface area contributed by atoms with Gasteiger partial charge in [0.2, 0.25) is 0 Å². The number of carbonyl (C=O) groups excluding carboxylic acids is 7. The normalized spacial score (nSPS) is 25.1. The standard InChI is InChI=1S/C25H46O5P2.C25H44O5.C22H40O5P2.C22H42O3P2.C22H40O3.CH2FI.CH4.Na.H2O.H2/c1-4-5-6-7-10-13-20(26)16-17-22-21(23(29-31)18-24(22)30-32)14-11-8-9-12-15-25(27)28-19(2)3;1-4-5-6-7-10-13-20(26)16-17-22-21(23(27)18-24(22)28)14-11-8-9-12-15-25(29)30-19(2)3;1-2-3-4-5-8-11-17(23)14-15-19-18(20(26-28)16-21(19)27-29)12-9-6-7-10-13-22(24)25;1-3-5-7-9-11-13-18(23)15-16-20-19(14-12-10-8-6-4-2)21(24-26)17-22(20)25-27;1-3-5-7-9-11-13-18(23)15-16-20-19(21(24)17-22(20)25)14-12-10-8-6-4-2;2-1-3;;;;/h8,11,19,21-24H,4-7,9-10,12-18,31-32H2,1-3H3;8,11,19,21-24,27-28H,4-7,9-10,12-18H2,1-3H3;6,9,18-21H,2-5,7-8,10-16,28-29H2,1H3,(H,24,25);10,12,19-22H,3-9,11,13-17,26-27H2,1-2H3;10,12,19-22,24-25H,3-9,11,13-17H2,1-2H3;1H2;1H4;;1H2;1H/q;;;;;;;+1;;/p-1/b2*11-8-;9-6-;2*12-10-;;;;;/t2*21?,22-,23+,24-;18?,19-,20+,21-;2*19?,20-,21+,22-;;;;;/m11111...../s1/i31T,32T;;28T,29T;26T,27T;;1D;;;;1+2/t21?,22-,23+,24-,31?,32?;;18?,19-,20+,21-,28?,29?;19?,20-,21+,22-,26?,27?;;;;;;. The van der Waals surface area contributed by atoms with Crippen molar-refractivity contribution in [2.24, 2.45) is 59.2 Å². The number of aliphatic hydroxyl groups is 4. The first kappa shape index (κ1) is 141. The van der Waals surface area contributed by atoms with E-state index in [4.69, 9.17) is 50.8 Å². The zero-order chi connectivity index (χ0) is 114. The van der Waals surface area contributed by atoms with Crippen molar-refractivity contribution >= 4 is 126 Å². The zero-order valence-electron chi connectivity index (χ0n) is 101. The van der Waals surface area contributed by atoms with Crippen LogP contribution in [0.5, 0.6) is 0 Å². The van der Waals surface area contributed by atoms with Crippen molar-refractivity contribution in [3.63, 3.8) is 0 Å². The summed E-state index contributed by atoms with van der Waals surface area (Å²) in [6.45, 7) is 22.7. The van der Waals surface area contributed by atoms with Crippen LogP contribution < -0.4 is 29.6 Å². The zero-order valence-corrected chi connectivity index (χ0v) is 104. The van der Waals surface area contributed by atoms with Crippen LogP contribution in [0, 0.1) is 59.2 Å². The van der Waals surface area contributed by atoms with Crippen LogP contribution in [-0.2, 0) is 75.0 Å². The second-order valence-corrected chi connectivity index (χ2v) is 44.2. The number of carbonyl (C=O) groups is 8. The number of hydrogen-bond acceptors (Lipinski definition) is 21. The molecular formula is C118H221FINaO22P6. The molecule has 12 unspecified atom stereocenters. The fraction of sp³-hybridized carbons (Fsp3) is 0.847. The van der Waals surface area contributed by atoms with E-state index in [9.17, 15) is 63.2 Å². The number of unbranched alkanes of at least 4 members (excludes halogenated alkanes) is 27. The molecule has 0 amide bonds. The van der Waals surface area contributed by atoms with Gasteiger partial charge in [-0.2, -0.15) is 0 Å². The number of halogens is 2. The van der Waals surface area contributed by atoms with Gasteiger partial charge < -0.3 is 67.6 Å². The summed E-state index contributed by atoms with van der Waals surface area (Å²) < 4.78 is 105. The van der Waals surface area contributed by atoms with Crippen LogP contribution in [0.15, 0.2) is 60.8 Å². The summed E-state index contributed by atoms with van der Waals surface area (Å²) in [6, 6.07) is 0. The van der Waals surface area contributed by atoms with Crippen molar-refractivity contribution in [1.29, 1.82) is 7.67 Å². The molecule has 0 bridgehead atoms. The van der Waals surface area contributed by atoms with E-state index in [2.05, 4.69) is 91.0 Å². The maximum atomic E-state index is 12.5. The Labute approximate surface area is 968 Å². The second-order valence-electron chi connectivity index (χ2n) is 42.3. The topological polar surface area (TPSA) is 342 Å². The number of esters is 2. The van der Waals surface area contributed by atoms with E-state index in [0.717, 1.165) is 167 Å². The Balaban J connectivity index is -0.000000605. The molecule has 5 aliphatic rings. The Bertz CT molecular complexity index is 3580. The number of aliphatic carboxylic acids is 1. The molecule has 31 heteroatoms. The number of alkyl halides is 2. The molecule has 0 aliphatic heterocycles. The van der Waals surface area contributed by atoms with E-state index in [1.165, 1.54) is 145 Å². The van der Waals surface area contributed by atoms with Crippen LogP contribution >= 0.6 is 79.1 Å². The fourth-order valence-electron chi connectivity index (χ4n) is 21.3. The minimum Gasteiger partial charge on any atom is -0.870 e. The third-order valence-corrected chi connectivity index (χ3v) is 31.6. The van der Waals surface area contributed by atoms with Crippen LogP contribution in [-0.4, -0.2) is 163 Å². The summed E-state index contributed by atoms with van der Waals surface area (Å²) in [5.41, 5.74) is 0. The fourth-order valence-corrected chi connectivity index (χ4v) is 23.0. The number of hydrogen-bond donors (Lipinski definition) is 5. The molecule has 5 fully saturated rings. The van der Waals surface area contributed by atoms with Gasteiger partial charge in [0.25, 0.3) is 0 Å². The number of carboxylic acids is 1. The molecule has 5 rings (SSSR count). The first-order valence-electron chi connectivity index (χ1n) is 61.2. The van der Waals surface area contributed by atoms with Crippen molar-refractivity contribution in [2.45, 2.75) is 574 Å². The van der Waals surface area contributed by atoms with Gasteiger partial charge in [-0.1, -0.05) is 271 Å². The number of rotatable bonds is 87. The van der Waals surface area contributed by atoms with Gasteiger partial charge in [0.1, 0.15) is 33.6 Å². The quantitative estimate of drug-likeness (QED) is 0.00718. The van der Waals surface area contributed by atoms with Gasteiger partial charge in [-0.25, -0.2) is 4.39 Å². The molecule has 27 atom stereocenters. The molecular weight excluding hydrogens is 2120 g/mol. The molecule has 5 saturated carbocycles. The molecule has 0 aromatic rings. The van der Waals surface area contributed by atoms with Crippen LogP contribution in [0.4, 0.5) is 4.39 Å². The van der Waals surface area contributed by atoms with Crippen LogP contribution in [0.1, 0.15) is 504 Å². The van der Waals surface area contributed by atoms with Crippen LogP contribution in [0.3, 0.4) is 0 Å². The summed E-state index contributed by atoms with van der Waals surface area (Å²) in [4.78, 5) is 95.4. The van der Waals surface area contributed by atoms with E-state index in [-0.39, 0.29) is 233 Å². The van der Waals surface area contributed by atoms with Crippen LogP contribution in [0.25, 0.3) is 0 Å². The predicted octanol–water partition coefficient (Wildman–Crippen LogP) is 28.8. The van der Waals surface area contributed by atoms with E-state index >= 15 is 0 Å². The number of carboxylic acid groups (broad SMARTS) is 1. The molecule has 0 spiro atoms. The largest absolute Gasteiger partial charge is 1.00 e. The van der Waals surface area contributed by atoms with Crippen LogP contribution in [0.2, 0.25) is 0 Å². The number of ketones is 5. The van der Waals surface area contributed by atoms with Crippen molar-refractivity contribution in [3.05, 3.63) is 60.8 Å². The maximum Gasteiger partial charge on any atom is 1.00 e. The van der Waals surface area contributed by atoms with E-state index in [0.29, 0.717) is 145 Å². The van der Waals surface area contributed by atoms with Crippen molar-refractivity contribution in [1.82, 2.24) is 0 Å². The molecule has 0 aromatic heterocycles. The minimum absolute atomic E-state index is 0. The summed E-state index contributed by atoms with van der Waals surface area (Å²) in [6.07, 6.45) is 76.8. The Hall–Kier alpha value is -0.740. The van der Waals surface area contributed by atoms with Gasteiger partial charge in [0.05, 0.1) is 82.3 Å². The monoisotopic (exact) mass is 2360 g/mol. The van der Waals surface area contributed by atoms with Gasteiger partial charge in [-0.3, -0.25) is 38.4 Å². The number of ether oxygens (including phenoxy) is 2. The van der Waals surface area contributed by atoms with E-state index in [1.807, 2.05) is 45.9 Å². The molecule has 0 aromatic carbocycles. The van der Waals surface area contributed by atoms with Crippen molar-refractivity contribution in [3.8, 4) is 0 Å². The first-order valence-corrected chi connectivity index (χ1v) is 61.3. The Morgan fingerprint density at radius 1 is 0.315 bits per heavy atom.